The first-order valence-electron chi connectivity index (χ1n) is 6.65. The van der Waals surface area contributed by atoms with Gasteiger partial charge in [-0.3, -0.25) is 9.69 Å². The summed E-state index contributed by atoms with van der Waals surface area (Å²) in [5.41, 5.74) is 6.41. The van der Waals surface area contributed by atoms with Gasteiger partial charge in [0.15, 0.2) is 0 Å². The topological polar surface area (TPSA) is 67.6 Å². The molecule has 0 aliphatic carbocycles. The highest BCUT2D eigenvalue weighted by Crippen LogP contribution is 2.26. The number of piperazine rings is 1. The number of benzene rings is 1. The Morgan fingerprint density at radius 1 is 1.60 bits per heavy atom. The van der Waals surface area contributed by atoms with Crippen molar-refractivity contribution in [3.05, 3.63) is 28.8 Å². The van der Waals surface area contributed by atoms with E-state index in [2.05, 4.69) is 10.2 Å². The molecule has 0 radical (unpaired) electrons. The molecule has 1 atom stereocenters. The zero-order chi connectivity index (χ0) is 14.5. The van der Waals surface area contributed by atoms with Crippen LogP contribution in [0.5, 0.6) is 5.75 Å². The Morgan fingerprint density at radius 3 is 3.05 bits per heavy atom. The molecular formula is C14H20ClN3O2. The second-order valence-corrected chi connectivity index (χ2v) is 5.37. The molecule has 5 nitrogen and oxygen atoms in total. The number of nitrogens with zero attached hydrogens (tertiary/aromatic N) is 1. The fraction of sp³-hybridized carbons (Fsp3) is 0.500. The molecule has 1 heterocycles. The Hall–Kier alpha value is -1.30. The summed E-state index contributed by atoms with van der Waals surface area (Å²) >= 11 is 6.14. The molecular weight excluding hydrogens is 278 g/mol. The van der Waals surface area contributed by atoms with Gasteiger partial charge < -0.3 is 15.8 Å². The number of hydrogen-bond donors (Lipinski definition) is 2. The van der Waals surface area contributed by atoms with Gasteiger partial charge in [-0.1, -0.05) is 17.7 Å². The van der Waals surface area contributed by atoms with E-state index in [1.165, 1.54) is 0 Å². The van der Waals surface area contributed by atoms with E-state index in [0.717, 1.165) is 31.7 Å². The third-order valence-electron chi connectivity index (χ3n) is 3.51. The smallest absolute Gasteiger partial charge is 0.219 e. The first kappa shape index (κ1) is 15.1. The second kappa shape index (κ2) is 6.92. The Balaban J connectivity index is 2.06. The lowest BCUT2D eigenvalue weighted by Crippen LogP contribution is -2.52. The summed E-state index contributed by atoms with van der Waals surface area (Å²) in [6.45, 7) is 3.34. The number of rotatable bonds is 5. The highest BCUT2D eigenvalue weighted by atomic mass is 35.5. The molecule has 1 aromatic rings. The molecule has 1 amide bonds. The zero-order valence-electron chi connectivity index (χ0n) is 11.6. The van der Waals surface area contributed by atoms with Crippen molar-refractivity contribution in [1.82, 2.24) is 10.2 Å². The zero-order valence-corrected chi connectivity index (χ0v) is 12.3. The summed E-state index contributed by atoms with van der Waals surface area (Å²) in [5, 5.41) is 3.89. The van der Waals surface area contributed by atoms with E-state index in [1.807, 2.05) is 18.2 Å². The average Bonchev–Trinajstić information content (AvgIpc) is 2.41. The van der Waals surface area contributed by atoms with Gasteiger partial charge in [0.1, 0.15) is 5.75 Å². The van der Waals surface area contributed by atoms with Crippen LogP contribution in [0.3, 0.4) is 0 Å². The van der Waals surface area contributed by atoms with E-state index >= 15 is 0 Å². The maximum Gasteiger partial charge on any atom is 0.219 e. The van der Waals surface area contributed by atoms with Crippen molar-refractivity contribution in [2.75, 3.05) is 26.7 Å². The highest BCUT2D eigenvalue weighted by Gasteiger charge is 2.23. The number of carbonyl (C=O) groups excluding carboxylic acids is 1. The van der Waals surface area contributed by atoms with Gasteiger partial charge in [0, 0.05) is 38.6 Å². The number of methoxy groups -OCH3 is 1. The predicted octanol–water partition coefficient (Wildman–Crippen LogP) is 0.998. The van der Waals surface area contributed by atoms with E-state index in [-0.39, 0.29) is 11.9 Å². The molecule has 1 fully saturated rings. The van der Waals surface area contributed by atoms with Crippen LogP contribution in [0.2, 0.25) is 5.02 Å². The van der Waals surface area contributed by atoms with E-state index < -0.39 is 0 Å². The lowest BCUT2D eigenvalue weighted by atomic mass is 10.1. The number of ether oxygens (including phenoxy) is 1. The summed E-state index contributed by atoms with van der Waals surface area (Å²) in [6.07, 6.45) is 0.372. The normalized spacial score (nSPS) is 19.8. The molecule has 1 aromatic carbocycles. The number of hydrogen-bond acceptors (Lipinski definition) is 4. The number of primary amides is 1. The van der Waals surface area contributed by atoms with Crippen molar-refractivity contribution >= 4 is 17.5 Å². The maximum absolute atomic E-state index is 11.1. The summed E-state index contributed by atoms with van der Waals surface area (Å²) < 4.78 is 5.15. The van der Waals surface area contributed by atoms with Gasteiger partial charge in [0.2, 0.25) is 5.91 Å². The van der Waals surface area contributed by atoms with Crippen LogP contribution in [0.25, 0.3) is 0 Å². The maximum atomic E-state index is 11.1. The van der Waals surface area contributed by atoms with Crippen molar-refractivity contribution in [1.29, 1.82) is 0 Å². The van der Waals surface area contributed by atoms with Gasteiger partial charge in [-0.05, 0) is 17.7 Å². The lowest BCUT2D eigenvalue weighted by molar-refractivity contribution is -0.119. The summed E-state index contributed by atoms with van der Waals surface area (Å²) in [5.74, 6) is 0.404. The Bertz CT molecular complexity index is 481. The number of nitrogens with one attached hydrogen (secondary N) is 1. The molecule has 0 bridgehead atoms. The molecule has 1 saturated heterocycles. The molecule has 0 saturated carbocycles. The van der Waals surface area contributed by atoms with Gasteiger partial charge >= 0.3 is 0 Å². The average molecular weight is 298 g/mol. The van der Waals surface area contributed by atoms with E-state index in [1.54, 1.807) is 7.11 Å². The van der Waals surface area contributed by atoms with Gasteiger partial charge in [-0.15, -0.1) is 0 Å². The first-order valence-corrected chi connectivity index (χ1v) is 7.03. The summed E-state index contributed by atoms with van der Waals surface area (Å²) in [6, 6.07) is 5.91. The Labute approximate surface area is 124 Å². The van der Waals surface area contributed by atoms with Crippen LogP contribution in [-0.2, 0) is 11.3 Å². The van der Waals surface area contributed by atoms with Crippen molar-refractivity contribution in [2.45, 2.75) is 19.0 Å². The quantitative estimate of drug-likeness (QED) is 0.851. The molecule has 0 spiro atoms. The molecule has 20 heavy (non-hydrogen) atoms. The van der Waals surface area contributed by atoms with Crippen LogP contribution < -0.4 is 15.8 Å². The number of carbonyl (C=O) groups is 1. The number of halogens is 1. The molecule has 1 aliphatic rings. The van der Waals surface area contributed by atoms with Gasteiger partial charge in [-0.25, -0.2) is 0 Å². The molecule has 0 aromatic heterocycles. The molecule has 3 N–H and O–H groups in total. The van der Waals surface area contributed by atoms with E-state index in [9.17, 15) is 4.79 Å². The van der Waals surface area contributed by atoms with Gasteiger partial charge in [-0.2, -0.15) is 0 Å². The van der Waals surface area contributed by atoms with Crippen molar-refractivity contribution < 1.29 is 9.53 Å². The minimum absolute atomic E-state index is 0.141. The monoisotopic (exact) mass is 297 g/mol. The van der Waals surface area contributed by atoms with Crippen LogP contribution in [0.15, 0.2) is 18.2 Å². The fourth-order valence-electron chi connectivity index (χ4n) is 2.49. The number of nitrogens with two attached hydrogens (primary N) is 1. The van der Waals surface area contributed by atoms with Crippen LogP contribution in [0.4, 0.5) is 0 Å². The number of amides is 1. The van der Waals surface area contributed by atoms with Crippen LogP contribution in [-0.4, -0.2) is 43.6 Å². The molecule has 1 aliphatic heterocycles. The van der Waals surface area contributed by atoms with Crippen LogP contribution in [0, 0.1) is 0 Å². The summed E-state index contributed by atoms with van der Waals surface area (Å²) in [4.78, 5) is 13.4. The van der Waals surface area contributed by atoms with Crippen molar-refractivity contribution in [3.63, 3.8) is 0 Å². The first-order chi connectivity index (χ1) is 9.60. The predicted molar refractivity (Wildman–Crippen MR) is 78.9 cm³/mol. The SMILES string of the molecule is COc1ccc(CN2CCNCC2CC(N)=O)cc1Cl. The van der Waals surface area contributed by atoms with Crippen LogP contribution in [0.1, 0.15) is 12.0 Å². The third kappa shape index (κ3) is 3.85. The molecule has 110 valence electrons. The van der Waals surface area contributed by atoms with E-state index in [4.69, 9.17) is 22.1 Å². The van der Waals surface area contributed by atoms with Crippen molar-refractivity contribution in [2.24, 2.45) is 5.73 Å². The summed E-state index contributed by atoms with van der Waals surface area (Å²) in [7, 11) is 1.60. The second-order valence-electron chi connectivity index (χ2n) is 4.97. The Morgan fingerprint density at radius 2 is 2.40 bits per heavy atom. The van der Waals surface area contributed by atoms with Crippen molar-refractivity contribution in [3.8, 4) is 5.75 Å². The van der Waals surface area contributed by atoms with E-state index in [0.29, 0.717) is 17.2 Å². The largest absolute Gasteiger partial charge is 0.495 e. The molecule has 6 heteroatoms. The minimum Gasteiger partial charge on any atom is -0.495 e. The molecule has 2 rings (SSSR count). The lowest BCUT2D eigenvalue weighted by Gasteiger charge is -2.35. The standard InChI is InChI=1S/C14H20ClN3O2/c1-20-13-3-2-10(6-12(13)15)9-18-5-4-17-8-11(18)7-14(16)19/h2-3,6,11,17H,4-5,7-9H2,1H3,(H2,16,19). The third-order valence-corrected chi connectivity index (χ3v) is 3.81. The van der Waals surface area contributed by atoms with Gasteiger partial charge in [0.05, 0.1) is 12.1 Å². The fourth-order valence-corrected chi connectivity index (χ4v) is 2.77. The highest BCUT2D eigenvalue weighted by molar-refractivity contribution is 6.32. The van der Waals surface area contributed by atoms with Gasteiger partial charge in [0.25, 0.3) is 0 Å². The van der Waals surface area contributed by atoms with Crippen LogP contribution >= 0.6 is 11.6 Å². The Kier molecular flexibility index (Phi) is 5.23. The minimum atomic E-state index is -0.267. The molecule has 1 unspecified atom stereocenters.